The summed E-state index contributed by atoms with van der Waals surface area (Å²) in [7, 11) is 0. The molecule has 43 heavy (non-hydrogen) atoms. The number of aromatic nitrogens is 6. The van der Waals surface area contributed by atoms with Gasteiger partial charge in [0.05, 0.1) is 18.8 Å². The van der Waals surface area contributed by atoms with E-state index in [1.54, 1.807) is 10.9 Å². The van der Waals surface area contributed by atoms with Gasteiger partial charge in [-0.3, -0.25) is 19.0 Å². The Hall–Kier alpha value is -4.82. The number of carbonyl (C=O) groups is 2. The Morgan fingerprint density at radius 1 is 1.07 bits per heavy atom. The first kappa shape index (κ1) is 31.1. The Kier molecular flexibility index (Phi) is 10.4. The van der Waals surface area contributed by atoms with Crippen LogP contribution in [-0.4, -0.2) is 54.7 Å². The summed E-state index contributed by atoms with van der Waals surface area (Å²) in [6.45, 7) is 3.53. The number of benzene rings is 1. The molecule has 2 heterocycles. The highest BCUT2D eigenvalue weighted by molar-refractivity contribution is 5.92. The van der Waals surface area contributed by atoms with Crippen molar-refractivity contribution in [2.24, 2.45) is 5.92 Å². The van der Waals surface area contributed by atoms with Crippen LogP contribution in [0.4, 0.5) is 23.4 Å². The van der Waals surface area contributed by atoms with Crippen molar-refractivity contribution in [3.63, 3.8) is 0 Å². The number of halogens is 4. The van der Waals surface area contributed by atoms with E-state index in [2.05, 4.69) is 55.1 Å². The van der Waals surface area contributed by atoms with E-state index >= 15 is 0 Å². The van der Waals surface area contributed by atoms with E-state index in [0.717, 1.165) is 24.1 Å². The lowest BCUT2D eigenvalue weighted by molar-refractivity contribution is -0.274. The van der Waals surface area contributed by atoms with Gasteiger partial charge in [-0.25, -0.2) is 4.39 Å². The van der Waals surface area contributed by atoms with Gasteiger partial charge < -0.3 is 15.4 Å². The van der Waals surface area contributed by atoms with Gasteiger partial charge in [0.1, 0.15) is 11.6 Å². The van der Waals surface area contributed by atoms with Gasteiger partial charge >= 0.3 is 6.36 Å². The minimum absolute atomic E-state index is 0.106. The number of ether oxygens (including phenoxy) is 1. The standard InChI is InChI=1S/C28H30F4N8O3/c1-19-6-2-3-7-20(9-8-19)16-33-27(42)24-17-39(37-35-24)12-4-5-13-40-18-25(36-38-40)34-26(41)14-21-10-11-22(15-23(21)29)43-28(30,31)32/h2-3,6-7,9-11,15,17-19H,4-5,8,12-14,16H2,1H3,(H,33,42)(H,34,41). The number of amides is 2. The lowest BCUT2D eigenvalue weighted by atomic mass is 10.0. The monoisotopic (exact) mass is 602 g/mol. The zero-order chi connectivity index (χ0) is 30.8. The Balaban J connectivity index is 1.16. The van der Waals surface area contributed by atoms with Crippen LogP contribution in [0.15, 0.2) is 66.5 Å². The predicted molar refractivity (Wildman–Crippen MR) is 147 cm³/mol. The van der Waals surface area contributed by atoms with Crippen LogP contribution in [0.3, 0.4) is 0 Å². The van der Waals surface area contributed by atoms with E-state index < -0.39 is 30.3 Å². The Bertz CT molecular complexity index is 1510. The van der Waals surface area contributed by atoms with Crippen LogP contribution in [0, 0.1) is 11.7 Å². The molecule has 15 heteroatoms. The van der Waals surface area contributed by atoms with E-state index in [9.17, 15) is 27.2 Å². The lowest BCUT2D eigenvalue weighted by Gasteiger charge is -2.10. The van der Waals surface area contributed by atoms with Crippen LogP contribution in [0.5, 0.6) is 5.75 Å². The lowest BCUT2D eigenvalue weighted by Crippen LogP contribution is -2.25. The number of alkyl halides is 3. The molecule has 4 rings (SSSR count). The van der Waals surface area contributed by atoms with Gasteiger partial charge in [-0.15, -0.1) is 23.4 Å². The number of nitrogens with one attached hydrogen (secondary N) is 2. The molecule has 1 aliphatic rings. The Morgan fingerprint density at radius 3 is 2.56 bits per heavy atom. The summed E-state index contributed by atoms with van der Waals surface area (Å²) in [5, 5.41) is 21.1. The van der Waals surface area contributed by atoms with Crippen LogP contribution >= 0.6 is 0 Å². The third kappa shape index (κ3) is 10.2. The molecule has 0 fully saturated rings. The highest BCUT2D eigenvalue weighted by atomic mass is 19.4. The van der Waals surface area contributed by atoms with Crippen molar-refractivity contribution in [2.45, 2.75) is 52.1 Å². The van der Waals surface area contributed by atoms with Crippen molar-refractivity contribution in [1.82, 2.24) is 35.3 Å². The number of aryl methyl sites for hydroxylation is 2. The van der Waals surface area contributed by atoms with E-state index in [4.69, 9.17) is 0 Å². The maximum Gasteiger partial charge on any atom is 0.573 e. The minimum Gasteiger partial charge on any atom is -0.406 e. The number of carbonyl (C=O) groups excluding carboxylic acids is 2. The first-order valence-corrected chi connectivity index (χ1v) is 13.5. The summed E-state index contributed by atoms with van der Waals surface area (Å²) in [4.78, 5) is 24.8. The number of nitrogens with zero attached hydrogens (tertiary/aromatic N) is 6. The fourth-order valence-corrected chi connectivity index (χ4v) is 4.07. The van der Waals surface area contributed by atoms with Crippen molar-refractivity contribution < 1.29 is 31.9 Å². The Labute approximate surface area is 244 Å². The molecule has 0 saturated heterocycles. The smallest absolute Gasteiger partial charge is 0.406 e. The number of unbranched alkanes of at least 4 members (excludes halogenated alkanes) is 1. The van der Waals surface area contributed by atoms with Crippen molar-refractivity contribution in [3.8, 4) is 5.75 Å². The molecule has 2 N–H and O–H groups in total. The van der Waals surface area contributed by atoms with Crippen LogP contribution in [0.2, 0.25) is 0 Å². The minimum atomic E-state index is -4.95. The van der Waals surface area contributed by atoms with Gasteiger partial charge in [-0.05, 0) is 42.4 Å². The number of hydrogen-bond donors (Lipinski definition) is 2. The average molecular weight is 603 g/mol. The van der Waals surface area contributed by atoms with Crippen molar-refractivity contribution in [3.05, 3.63) is 83.6 Å². The summed E-state index contributed by atoms with van der Waals surface area (Å²) in [6.07, 6.45) is 10.2. The summed E-state index contributed by atoms with van der Waals surface area (Å²) in [5.41, 5.74) is 1.14. The molecule has 0 spiro atoms. The molecule has 2 amide bonds. The van der Waals surface area contributed by atoms with Gasteiger partial charge in [-0.1, -0.05) is 53.8 Å². The van der Waals surface area contributed by atoms with Gasteiger partial charge in [-0.2, -0.15) is 0 Å². The number of rotatable bonds is 12. The van der Waals surface area contributed by atoms with Crippen LogP contribution < -0.4 is 15.4 Å². The summed E-state index contributed by atoms with van der Waals surface area (Å²) < 4.78 is 57.7. The van der Waals surface area contributed by atoms with Gasteiger partial charge in [0.15, 0.2) is 11.5 Å². The second-order valence-corrected chi connectivity index (χ2v) is 9.89. The van der Waals surface area contributed by atoms with Crippen LogP contribution in [0.1, 0.15) is 42.2 Å². The molecular weight excluding hydrogens is 572 g/mol. The first-order valence-electron chi connectivity index (χ1n) is 13.5. The van der Waals surface area contributed by atoms with Crippen molar-refractivity contribution >= 4 is 17.6 Å². The zero-order valence-electron chi connectivity index (χ0n) is 23.2. The zero-order valence-corrected chi connectivity index (χ0v) is 23.2. The fraction of sp³-hybridized carbons (Fsp3) is 0.357. The van der Waals surface area contributed by atoms with Gasteiger partial charge in [0.2, 0.25) is 5.91 Å². The number of allylic oxidation sites excluding steroid dienone is 4. The molecule has 1 atom stereocenters. The highest BCUT2D eigenvalue weighted by Gasteiger charge is 2.31. The second kappa shape index (κ2) is 14.4. The maximum atomic E-state index is 14.1. The normalized spacial score (nSPS) is 15.0. The van der Waals surface area contributed by atoms with E-state index in [0.29, 0.717) is 44.5 Å². The number of hydrogen-bond acceptors (Lipinski definition) is 7. The molecule has 1 aromatic carbocycles. The van der Waals surface area contributed by atoms with E-state index in [1.807, 2.05) is 18.2 Å². The molecule has 11 nitrogen and oxygen atoms in total. The van der Waals surface area contributed by atoms with Crippen molar-refractivity contribution in [2.75, 3.05) is 11.9 Å². The third-order valence-electron chi connectivity index (χ3n) is 6.28. The summed E-state index contributed by atoms with van der Waals surface area (Å²) >= 11 is 0. The largest absolute Gasteiger partial charge is 0.573 e. The predicted octanol–water partition coefficient (Wildman–Crippen LogP) is 4.38. The molecule has 0 radical (unpaired) electrons. The summed E-state index contributed by atoms with van der Waals surface area (Å²) in [5.74, 6) is -2.07. The van der Waals surface area contributed by atoms with Crippen LogP contribution in [0.25, 0.3) is 0 Å². The van der Waals surface area contributed by atoms with E-state index in [-0.39, 0.29) is 23.0 Å². The molecule has 1 aliphatic carbocycles. The third-order valence-corrected chi connectivity index (χ3v) is 6.28. The van der Waals surface area contributed by atoms with Gasteiger partial charge in [0, 0.05) is 25.7 Å². The quantitative estimate of drug-likeness (QED) is 0.233. The highest BCUT2D eigenvalue weighted by Crippen LogP contribution is 2.25. The molecule has 0 saturated carbocycles. The second-order valence-electron chi connectivity index (χ2n) is 9.89. The summed E-state index contributed by atoms with van der Waals surface area (Å²) in [6, 6.07) is 2.54. The fourth-order valence-electron chi connectivity index (χ4n) is 4.07. The molecular formula is C28H30F4N8O3. The molecule has 3 aromatic rings. The SMILES string of the molecule is CC1C=CC=CC(CNC(=O)c2cn(CCCCn3cc(NC(=O)Cc4ccc(OC(F)(F)F)cc4F)nn3)nn2)=CC1. The van der Waals surface area contributed by atoms with E-state index in [1.165, 1.54) is 10.9 Å². The Morgan fingerprint density at radius 2 is 1.81 bits per heavy atom. The van der Waals surface area contributed by atoms with Crippen LogP contribution in [-0.2, 0) is 24.3 Å². The van der Waals surface area contributed by atoms with Gasteiger partial charge in [0.25, 0.3) is 5.91 Å². The first-order chi connectivity index (χ1) is 20.5. The van der Waals surface area contributed by atoms with Crippen molar-refractivity contribution in [1.29, 1.82) is 0 Å². The molecule has 0 bridgehead atoms. The average Bonchev–Trinajstić information content (AvgIpc) is 3.59. The topological polar surface area (TPSA) is 129 Å². The molecule has 228 valence electrons. The molecule has 1 unspecified atom stereocenters. The molecule has 0 aliphatic heterocycles. The number of anilines is 1. The maximum absolute atomic E-state index is 14.1. The molecule has 2 aromatic heterocycles.